The molecule has 1 heterocycles. The number of hydrogen-bond donors (Lipinski definition) is 1. The van der Waals surface area contributed by atoms with E-state index in [9.17, 15) is 8.42 Å². The minimum atomic E-state index is -3.89. The normalized spacial score (nSPS) is 11.6. The van der Waals surface area contributed by atoms with Crippen LogP contribution in [0.5, 0.6) is 5.75 Å². The second kappa shape index (κ2) is 5.59. The third kappa shape index (κ3) is 2.81. The Hall–Kier alpha value is -1.93. The van der Waals surface area contributed by atoms with E-state index < -0.39 is 10.0 Å². The van der Waals surface area contributed by atoms with Gasteiger partial charge in [-0.05, 0) is 30.7 Å². The predicted molar refractivity (Wildman–Crippen MR) is 73.7 cm³/mol. The zero-order valence-corrected chi connectivity index (χ0v) is 12.1. The van der Waals surface area contributed by atoms with E-state index in [0.29, 0.717) is 18.1 Å². The average molecular weight is 296 g/mol. The molecule has 0 aliphatic heterocycles. The molecule has 0 atom stereocenters. The molecule has 1 aromatic carbocycles. The van der Waals surface area contributed by atoms with Crippen molar-refractivity contribution in [1.82, 2.24) is 14.8 Å². The Morgan fingerprint density at radius 1 is 1.25 bits per heavy atom. The molecule has 1 aromatic heterocycles. The van der Waals surface area contributed by atoms with Gasteiger partial charge in [-0.3, -0.25) is 4.57 Å². The molecule has 8 heteroatoms. The highest BCUT2D eigenvalue weighted by atomic mass is 32.2. The molecular weight excluding hydrogens is 280 g/mol. The van der Waals surface area contributed by atoms with E-state index in [1.807, 2.05) is 6.92 Å². The van der Waals surface area contributed by atoms with Crippen LogP contribution < -0.4 is 9.88 Å². The van der Waals surface area contributed by atoms with E-state index in [1.165, 1.54) is 4.57 Å². The van der Waals surface area contributed by atoms with Gasteiger partial charge in [-0.2, -0.15) is 0 Å². The molecule has 0 aliphatic rings. The van der Waals surface area contributed by atoms with Crippen molar-refractivity contribution in [2.75, 3.05) is 7.11 Å². The lowest BCUT2D eigenvalue weighted by molar-refractivity contribution is 0.415. The Labute approximate surface area is 117 Å². The van der Waals surface area contributed by atoms with Crippen molar-refractivity contribution in [3.8, 4) is 17.1 Å². The second-order valence-electron chi connectivity index (χ2n) is 4.23. The molecule has 2 N–H and O–H groups in total. The highest BCUT2D eigenvalue weighted by Gasteiger charge is 2.21. The lowest BCUT2D eigenvalue weighted by atomic mass is 10.2. The van der Waals surface area contributed by atoms with Crippen LogP contribution in [0.25, 0.3) is 11.4 Å². The quantitative estimate of drug-likeness (QED) is 0.887. The van der Waals surface area contributed by atoms with Gasteiger partial charge in [-0.1, -0.05) is 6.92 Å². The number of aromatic nitrogens is 3. The van der Waals surface area contributed by atoms with Gasteiger partial charge in [-0.15, -0.1) is 10.2 Å². The summed E-state index contributed by atoms with van der Waals surface area (Å²) in [6, 6.07) is 7.14. The first-order valence-corrected chi connectivity index (χ1v) is 7.62. The van der Waals surface area contributed by atoms with Crippen LogP contribution in [0.3, 0.4) is 0 Å². The first-order valence-electron chi connectivity index (χ1n) is 6.07. The summed E-state index contributed by atoms with van der Waals surface area (Å²) in [7, 11) is -2.31. The van der Waals surface area contributed by atoms with Gasteiger partial charge in [0.1, 0.15) is 5.75 Å². The molecule has 20 heavy (non-hydrogen) atoms. The highest BCUT2D eigenvalue weighted by Crippen LogP contribution is 2.23. The van der Waals surface area contributed by atoms with E-state index in [4.69, 9.17) is 9.88 Å². The number of primary sulfonamides is 1. The van der Waals surface area contributed by atoms with Crippen molar-refractivity contribution in [3.63, 3.8) is 0 Å². The number of benzene rings is 1. The van der Waals surface area contributed by atoms with Gasteiger partial charge in [0.25, 0.3) is 15.2 Å². The molecule has 0 spiro atoms. The minimum absolute atomic E-state index is 0.217. The number of sulfonamides is 1. The number of hydrogen-bond acceptors (Lipinski definition) is 5. The predicted octanol–water partition coefficient (Wildman–Crippen LogP) is 1.01. The Morgan fingerprint density at radius 2 is 1.90 bits per heavy atom. The summed E-state index contributed by atoms with van der Waals surface area (Å²) in [5, 5.41) is 12.6. The van der Waals surface area contributed by atoms with E-state index in [1.54, 1.807) is 31.4 Å². The van der Waals surface area contributed by atoms with E-state index in [2.05, 4.69) is 10.2 Å². The topological polar surface area (TPSA) is 100 Å². The van der Waals surface area contributed by atoms with Gasteiger partial charge in [0, 0.05) is 12.1 Å². The average Bonchev–Trinajstić information content (AvgIpc) is 2.83. The molecule has 0 radical (unpaired) electrons. The van der Waals surface area contributed by atoms with Crippen molar-refractivity contribution >= 4 is 10.0 Å². The summed E-state index contributed by atoms with van der Waals surface area (Å²) in [6.07, 6.45) is 0.740. The Bertz CT molecular complexity index is 692. The van der Waals surface area contributed by atoms with Crippen molar-refractivity contribution in [1.29, 1.82) is 0 Å². The maximum Gasteiger partial charge on any atom is 0.273 e. The molecule has 108 valence electrons. The first-order chi connectivity index (χ1) is 9.47. The Balaban J connectivity index is 2.53. The number of nitrogens with two attached hydrogens (primary N) is 1. The third-order valence-corrected chi connectivity index (χ3v) is 3.58. The largest absolute Gasteiger partial charge is 0.497 e. The van der Waals surface area contributed by atoms with Gasteiger partial charge in [0.15, 0.2) is 5.82 Å². The third-order valence-electron chi connectivity index (χ3n) is 2.77. The molecule has 2 aromatic rings. The van der Waals surface area contributed by atoms with Crippen LogP contribution in [0, 0.1) is 0 Å². The standard InChI is InChI=1S/C12H16N4O3S/c1-3-8-16-11(14-15-12(16)20(13,17)18)9-4-6-10(19-2)7-5-9/h4-7H,3,8H2,1-2H3,(H2,13,17,18). The summed E-state index contributed by atoms with van der Waals surface area (Å²) in [5.74, 6) is 1.18. The van der Waals surface area contributed by atoms with Crippen LogP contribution in [-0.2, 0) is 16.6 Å². The van der Waals surface area contributed by atoms with Gasteiger partial charge in [0.2, 0.25) is 0 Å². The molecule has 0 saturated heterocycles. The van der Waals surface area contributed by atoms with Crippen LogP contribution in [0.1, 0.15) is 13.3 Å². The summed E-state index contributed by atoms with van der Waals surface area (Å²) in [6.45, 7) is 2.41. The molecule has 0 fully saturated rings. The molecule has 0 unspecified atom stereocenters. The smallest absolute Gasteiger partial charge is 0.273 e. The molecule has 7 nitrogen and oxygen atoms in total. The van der Waals surface area contributed by atoms with Gasteiger partial charge < -0.3 is 4.74 Å². The van der Waals surface area contributed by atoms with Crippen LogP contribution in [-0.4, -0.2) is 30.3 Å². The van der Waals surface area contributed by atoms with E-state index >= 15 is 0 Å². The summed E-state index contributed by atoms with van der Waals surface area (Å²) in [5.41, 5.74) is 0.752. The van der Waals surface area contributed by atoms with Crippen LogP contribution >= 0.6 is 0 Å². The fourth-order valence-corrected chi connectivity index (χ4v) is 2.52. The zero-order valence-electron chi connectivity index (χ0n) is 11.3. The van der Waals surface area contributed by atoms with Crippen LogP contribution in [0.2, 0.25) is 0 Å². The van der Waals surface area contributed by atoms with Crippen molar-refractivity contribution < 1.29 is 13.2 Å². The molecule has 0 bridgehead atoms. The number of rotatable bonds is 5. The molecular formula is C12H16N4O3S. The monoisotopic (exact) mass is 296 g/mol. The molecule has 0 saturated carbocycles. The summed E-state index contributed by atoms with van der Waals surface area (Å²) >= 11 is 0. The number of nitrogens with zero attached hydrogens (tertiary/aromatic N) is 3. The van der Waals surface area contributed by atoms with E-state index in [-0.39, 0.29) is 5.16 Å². The summed E-state index contributed by atoms with van der Waals surface area (Å²) < 4.78 is 29.6. The molecule has 0 amide bonds. The first kappa shape index (κ1) is 14.5. The Morgan fingerprint density at radius 3 is 2.40 bits per heavy atom. The number of ether oxygens (including phenoxy) is 1. The maximum atomic E-state index is 11.5. The number of methoxy groups -OCH3 is 1. The van der Waals surface area contributed by atoms with Gasteiger partial charge in [0.05, 0.1) is 7.11 Å². The van der Waals surface area contributed by atoms with Gasteiger partial charge in [-0.25, -0.2) is 13.6 Å². The van der Waals surface area contributed by atoms with Crippen LogP contribution in [0.15, 0.2) is 29.4 Å². The summed E-state index contributed by atoms with van der Waals surface area (Å²) in [4.78, 5) is 0. The fraction of sp³-hybridized carbons (Fsp3) is 0.333. The fourth-order valence-electron chi connectivity index (χ4n) is 1.88. The zero-order chi connectivity index (χ0) is 14.8. The van der Waals surface area contributed by atoms with Crippen LogP contribution in [0.4, 0.5) is 0 Å². The highest BCUT2D eigenvalue weighted by molar-refractivity contribution is 7.89. The van der Waals surface area contributed by atoms with Crippen molar-refractivity contribution in [3.05, 3.63) is 24.3 Å². The second-order valence-corrected chi connectivity index (χ2v) is 5.69. The van der Waals surface area contributed by atoms with Gasteiger partial charge >= 0.3 is 0 Å². The van der Waals surface area contributed by atoms with E-state index in [0.717, 1.165) is 12.0 Å². The maximum absolute atomic E-state index is 11.5. The van der Waals surface area contributed by atoms with Crippen molar-refractivity contribution in [2.45, 2.75) is 25.0 Å². The Kier molecular flexibility index (Phi) is 4.05. The minimum Gasteiger partial charge on any atom is -0.497 e. The molecule has 0 aliphatic carbocycles. The lowest BCUT2D eigenvalue weighted by Gasteiger charge is -2.08. The lowest BCUT2D eigenvalue weighted by Crippen LogP contribution is -2.19. The van der Waals surface area contributed by atoms with Crippen molar-refractivity contribution in [2.24, 2.45) is 5.14 Å². The SMILES string of the molecule is CCCn1c(-c2ccc(OC)cc2)nnc1S(N)(=O)=O. The molecule has 2 rings (SSSR count).